The summed E-state index contributed by atoms with van der Waals surface area (Å²) in [5.41, 5.74) is 3.74. The van der Waals surface area contributed by atoms with Crippen molar-refractivity contribution in [2.75, 3.05) is 7.11 Å². The van der Waals surface area contributed by atoms with E-state index in [0.29, 0.717) is 0 Å². The molecule has 0 spiro atoms. The van der Waals surface area contributed by atoms with Gasteiger partial charge in [-0.15, -0.1) is 0 Å². The Kier molecular flexibility index (Phi) is 5.30. The fourth-order valence-electron chi connectivity index (χ4n) is 3.22. The van der Waals surface area contributed by atoms with Crippen molar-refractivity contribution in [3.8, 4) is 5.75 Å². The van der Waals surface area contributed by atoms with Crippen LogP contribution in [0.1, 0.15) is 34.4 Å². The maximum absolute atomic E-state index is 12.9. The predicted octanol–water partition coefficient (Wildman–Crippen LogP) is 2.23. The van der Waals surface area contributed by atoms with E-state index in [4.69, 9.17) is 4.74 Å². The summed E-state index contributed by atoms with van der Waals surface area (Å²) in [7, 11) is 5.43. The summed E-state index contributed by atoms with van der Waals surface area (Å²) in [5, 5.41) is 7.52. The van der Waals surface area contributed by atoms with E-state index in [1.165, 1.54) is 0 Å². The zero-order valence-corrected chi connectivity index (χ0v) is 16.4. The summed E-state index contributed by atoms with van der Waals surface area (Å²) in [6.45, 7) is 3.90. The molecule has 0 fully saturated rings. The molecule has 1 atom stereocenters. The molecule has 1 aromatic carbocycles. The number of hydrogen-bond acceptors (Lipinski definition) is 4. The van der Waals surface area contributed by atoms with Gasteiger partial charge < -0.3 is 14.6 Å². The summed E-state index contributed by atoms with van der Waals surface area (Å²) in [5.74, 6) is 1.42. The van der Waals surface area contributed by atoms with E-state index in [1.807, 2.05) is 63.0 Å². The Labute approximate surface area is 159 Å². The van der Waals surface area contributed by atoms with Crippen molar-refractivity contribution in [2.24, 2.45) is 14.1 Å². The molecule has 0 aliphatic rings. The van der Waals surface area contributed by atoms with Crippen LogP contribution in [0.4, 0.5) is 0 Å². The molecule has 1 N–H and O–H groups in total. The molecule has 0 aliphatic heterocycles. The quantitative estimate of drug-likeness (QED) is 0.725. The zero-order valence-electron chi connectivity index (χ0n) is 16.4. The molecule has 2 heterocycles. The number of carbonyl (C=O) groups is 1. The van der Waals surface area contributed by atoms with E-state index >= 15 is 0 Å². The Bertz CT molecular complexity index is 957. The average molecular weight is 367 g/mol. The summed E-state index contributed by atoms with van der Waals surface area (Å²) in [6, 6.07) is 7.29. The Morgan fingerprint density at radius 3 is 2.67 bits per heavy atom. The number of imidazole rings is 1. The van der Waals surface area contributed by atoms with Crippen molar-refractivity contribution in [3.63, 3.8) is 0 Å². The van der Waals surface area contributed by atoms with Gasteiger partial charge in [-0.2, -0.15) is 5.10 Å². The standard InChI is InChI=1S/C20H25N5O2/c1-13-17(14(2)25(4)23-13)12-18(26)22-19(20-21-9-10-24(20)3)15-7-6-8-16(11-15)27-5/h6-11,19H,12H2,1-5H3,(H,22,26). The van der Waals surface area contributed by atoms with Crippen LogP contribution >= 0.6 is 0 Å². The predicted molar refractivity (Wildman–Crippen MR) is 103 cm³/mol. The van der Waals surface area contributed by atoms with Gasteiger partial charge in [0, 0.05) is 37.7 Å². The number of nitrogens with zero attached hydrogens (tertiary/aromatic N) is 4. The van der Waals surface area contributed by atoms with Gasteiger partial charge in [-0.3, -0.25) is 9.48 Å². The Hall–Kier alpha value is -3.09. The summed E-state index contributed by atoms with van der Waals surface area (Å²) in [4.78, 5) is 17.3. The van der Waals surface area contributed by atoms with E-state index in [2.05, 4.69) is 15.4 Å². The maximum Gasteiger partial charge on any atom is 0.225 e. The highest BCUT2D eigenvalue weighted by atomic mass is 16.5. The number of rotatable bonds is 6. The first-order chi connectivity index (χ1) is 12.9. The highest BCUT2D eigenvalue weighted by molar-refractivity contribution is 5.80. The molecule has 7 heteroatoms. The molecular weight excluding hydrogens is 342 g/mol. The van der Waals surface area contributed by atoms with Crippen LogP contribution in [0.25, 0.3) is 0 Å². The number of benzene rings is 1. The molecule has 0 radical (unpaired) electrons. The molecule has 7 nitrogen and oxygen atoms in total. The van der Waals surface area contributed by atoms with Crippen molar-refractivity contribution in [1.29, 1.82) is 0 Å². The summed E-state index contributed by atoms with van der Waals surface area (Å²) < 4.78 is 9.05. The maximum atomic E-state index is 12.9. The number of ether oxygens (including phenoxy) is 1. The fraction of sp³-hybridized carbons (Fsp3) is 0.350. The van der Waals surface area contributed by atoms with Gasteiger partial charge >= 0.3 is 0 Å². The second-order valence-electron chi connectivity index (χ2n) is 6.62. The van der Waals surface area contributed by atoms with Gasteiger partial charge in [0.15, 0.2) is 0 Å². The number of aryl methyl sites for hydroxylation is 3. The number of hydrogen-bond donors (Lipinski definition) is 1. The van der Waals surface area contributed by atoms with E-state index in [1.54, 1.807) is 18.0 Å². The van der Waals surface area contributed by atoms with Crippen LogP contribution in [0.15, 0.2) is 36.7 Å². The van der Waals surface area contributed by atoms with E-state index < -0.39 is 0 Å². The molecule has 1 amide bonds. The number of carbonyl (C=O) groups excluding carboxylic acids is 1. The van der Waals surface area contributed by atoms with Gasteiger partial charge in [0.2, 0.25) is 5.91 Å². The number of methoxy groups -OCH3 is 1. The van der Waals surface area contributed by atoms with Crippen LogP contribution < -0.4 is 10.1 Å². The topological polar surface area (TPSA) is 74.0 Å². The van der Waals surface area contributed by atoms with Crippen molar-refractivity contribution in [3.05, 3.63) is 65.0 Å². The minimum atomic E-state index is -0.370. The lowest BCUT2D eigenvalue weighted by Crippen LogP contribution is -2.32. The third kappa shape index (κ3) is 3.86. The smallest absolute Gasteiger partial charge is 0.225 e. The van der Waals surface area contributed by atoms with Gasteiger partial charge in [0.05, 0.1) is 19.2 Å². The molecule has 1 unspecified atom stereocenters. The monoisotopic (exact) mass is 367 g/mol. The second kappa shape index (κ2) is 7.65. The lowest BCUT2D eigenvalue weighted by Gasteiger charge is -2.20. The second-order valence-corrected chi connectivity index (χ2v) is 6.62. The van der Waals surface area contributed by atoms with Gasteiger partial charge in [0.25, 0.3) is 0 Å². The first-order valence-electron chi connectivity index (χ1n) is 8.80. The van der Waals surface area contributed by atoms with Crippen LogP contribution in [0, 0.1) is 13.8 Å². The minimum Gasteiger partial charge on any atom is -0.497 e. The van der Waals surface area contributed by atoms with Gasteiger partial charge in [-0.25, -0.2) is 4.98 Å². The number of nitrogens with one attached hydrogen (secondary N) is 1. The Balaban J connectivity index is 1.89. The molecule has 3 rings (SSSR count). The largest absolute Gasteiger partial charge is 0.497 e. The van der Waals surface area contributed by atoms with Crippen LogP contribution in [0.2, 0.25) is 0 Å². The van der Waals surface area contributed by atoms with Gasteiger partial charge in [-0.05, 0) is 31.5 Å². The van der Waals surface area contributed by atoms with Crippen LogP contribution in [-0.4, -0.2) is 32.3 Å². The third-order valence-corrected chi connectivity index (χ3v) is 4.85. The first kappa shape index (κ1) is 18.7. The normalized spacial score (nSPS) is 12.0. The highest BCUT2D eigenvalue weighted by Gasteiger charge is 2.22. The van der Waals surface area contributed by atoms with Gasteiger partial charge in [-0.1, -0.05) is 12.1 Å². The van der Waals surface area contributed by atoms with E-state index in [9.17, 15) is 4.79 Å². The average Bonchev–Trinajstić information content (AvgIpc) is 3.18. The molecular formula is C20H25N5O2. The van der Waals surface area contributed by atoms with E-state index in [-0.39, 0.29) is 18.4 Å². The summed E-state index contributed by atoms with van der Waals surface area (Å²) in [6.07, 6.45) is 3.87. The molecule has 27 heavy (non-hydrogen) atoms. The zero-order chi connectivity index (χ0) is 19.6. The van der Waals surface area contributed by atoms with Crippen molar-refractivity contribution in [1.82, 2.24) is 24.6 Å². The lowest BCUT2D eigenvalue weighted by molar-refractivity contribution is -0.121. The van der Waals surface area contributed by atoms with E-state index in [0.717, 1.165) is 34.1 Å². The molecule has 3 aromatic rings. The van der Waals surface area contributed by atoms with Crippen molar-refractivity contribution < 1.29 is 9.53 Å². The Morgan fingerprint density at radius 1 is 1.30 bits per heavy atom. The Morgan fingerprint density at radius 2 is 2.07 bits per heavy atom. The lowest BCUT2D eigenvalue weighted by atomic mass is 10.0. The van der Waals surface area contributed by atoms with Crippen molar-refractivity contribution in [2.45, 2.75) is 26.3 Å². The molecule has 0 saturated heterocycles. The van der Waals surface area contributed by atoms with Crippen LogP contribution in [0.5, 0.6) is 5.75 Å². The molecule has 0 saturated carbocycles. The third-order valence-electron chi connectivity index (χ3n) is 4.85. The van der Waals surface area contributed by atoms with Crippen LogP contribution in [0.3, 0.4) is 0 Å². The molecule has 2 aromatic heterocycles. The van der Waals surface area contributed by atoms with Crippen molar-refractivity contribution >= 4 is 5.91 Å². The first-order valence-corrected chi connectivity index (χ1v) is 8.80. The molecule has 0 bridgehead atoms. The fourth-order valence-corrected chi connectivity index (χ4v) is 3.22. The number of amides is 1. The molecule has 0 aliphatic carbocycles. The molecule has 142 valence electrons. The minimum absolute atomic E-state index is 0.0787. The number of aromatic nitrogens is 4. The SMILES string of the molecule is COc1cccc(C(NC(=O)Cc2c(C)nn(C)c2C)c2nccn2C)c1. The van der Waals surface area contributed by atoms with Crippen LogP contribution in [-0.2, 0) is 25.3 Å². The summed E-state index contributed by atoms with van der Waals surface area (Å²) >= 11 is 0. The highest BCUT2D eigenvalue weighted by Crippen LogP contribution is 2.24. The van der Waals surface area contributed by atoms with Gasteiger partial charge in [0.1, 0.15) is 17.6 Å².